The second kappa shape index (κ2) is 7.02. The molecule has 8 nitrogen and oxygen atoms in total. The molecule has 0 bridgehead atoms. The van der Waals surface area contributed by atoms with Crippen LogP contribution in [-0.4, -0.2) is 67.7 Å². The normalized spacial score (nSPS) is 21.7. The molecule has 10 heteroatoms. The number of hydrogen-bond donors (Lipinski definition) is 3. The first kappa shape index (κ1) is 17.5. The summed E-state index contributed by atoms with van der Waals surface area (Å²) in [5.41, 5.74) is 0. The Morgan fingerprint density at radius 1 is 1.19 bits per heavy atom. The SMILES string of the molecule is N#Cc1ccc(Nc2cc(N3CCN(C4CS(O)(O)C4)CC3)ncn2)s1. The number of aromatic nitrogens is 2. The Kier molecular flexibility index (Phi) is 4.73. The monoisotopic (exact) mass is 392 g/mol. The highest BCUT2D eigenvalue weighted by atomic mass is 32.3. The van der Waals surface area contributed by atoms with Crippen molar-refractivity contribution in [2.24, 2.45) is 0 Å². The largest absolute Gasteiger partial charge is 0.354 e. The second-order valence-electron chi connectivity index (χ2n) is 6.47. The standard InChI is InChI=1S/C16H20N6O2S2/c17-8-13-1-2-16(25-13)20-14-7-15(19-11-18-14)22-5-3-21(4-6-22)12-9-26(23,24)10-12/h1-2,7,11-12,23-24H,3-6,9-10H2,(H,18,19,20). The van der Waals surface area contributed by atoms with Gasteiger partial charge in [0.15, 0.2) is 0 Å². The maximum atomic E-state index is 9.57. The minimum absolute atomic E-state index is 0.304. The van der Waals surface area contributed by atoms with E-state index in [1.54, 1.807) is 12.4 Å². The van der Waals surface area contributed by atoms with E-state index < -0.39 is 10.6 Å². The van der Waals surface area contributed by atoms with Crippen molar-refractivity contribution in [1.29, 1.82) is 5.26 Å². The summed E-state index contributed by atoms with van der Waals surface area (Å²) in [4.78, 5) is 13.9. The maximum absolute atomic E-state index is 9.57. The maximum Gasteiger partial charge on any atom is 0.136 e. The molecule has 0 amide bonds. The molecule has 4 heterocycles. The first-order valence-electron chi connectivity index (χ1n) is 8.34. The molecule has 2 aromatic rings. The third kappa shape index (κ3) is 3.77. The van der Waals surface area contributed by atoms with Crippen molar-refractivity contribution in [3.8, 4) is 6.07 Å². The Balaban J connectivity index is 1.36. The highest BCUT2D eigenvalue weighted by molar-refractivity contribution is 8.25. The third-order valence-corrected chi connectivity index (χ3v) is 7.44. The highest BCUT2D eigenvalue weighted by Gasteiger charge is 2.38. The lowest BCUT2D eigenvalue weighted by atomic mass is 10.2. The molecule has 0 aliphatic carbocycles. The van der Waals surface area contributed by atoms with Crippen LogP contribution in [0.2, 0.25) is 0 Å². The molecule has 0 saturated carbocycles. The number of rotatable bonds is 4. The van der Waals surface area contributed by atoms with Crippen molar-refractivity contribution < 1.29 is 9.11 Å². The van der Waals surface area contributed by atoms with E-state index in [2.05, 4.69) is 31.2 Å². The summed E-state index contributed by atoms with van der Waals surface area (Å²) in [6.07, 6.45) is 1.55. The summed E-state index contributed by atoms with van der Waals surface area (Å²) in [6.45, 7) is 3.49. The van der Waals surface area contributed by atoms with E-state index in [4.69, 9.17) is 5.26 Å². The zero-order chi connectivity index (χ0) is 18.1. The van der Waals surface area contributed by atoms with Crippen molar-refractivity contribution in [3.05, 3.63) is 29.4 Å². The summed E-state index contributed by atoms with van der Waals surface area (Å²) in [5, 5.41) is 13.0. The predicted octanol–water partition coefficient (Wildman–Crippen LogP) is 2.41. The summed E-state index contributed by atoms with van der Waals surface area (Å²) >= 11 is 1.39. The number of piperazine rings is 1. The van der Waals surface area contributed by atoms with Gasteiger partial charge in [-0.1, -0.05) is 0 Å². The molecule has 2 aliphatic rings. The highest BCUT2D eigenvalue weighted by Crippen LogP contribution is 2.50. The molecule has 3 N–H and O–H groups in total. The van der Waals surface area contributed by atoms with Gasteiger partial charge in [-0.3, -0.25) is 14.0 Å². The van der Waals surface area contributed by atoms with E-state index in [1.807, 2.05) is 12.1 Å². The van der Waals surface area contributed by atoms with Crippen LogP contribution in [-0.2, 0) is 0 Å². The first-order chi connectivity index (χ1) is 12.5. The fourth-order valence-corrected chi connectivity index (χ4v) is 5.54. The van der Waals surface area contributed by atoms with E-state index in [9.17, 15) is 9.11 Å². The van der Waals surface area contributed by atoms with Crippen LogP contribution in [0.5, 0.6) is 0 Å². The fourth-order valence-electron chi connectivity index (χ4n) is 3.27. The van der Waals surface area contributed by atoms with Crippen LogP contribution >= 0.6 is 21.9 Å². The molecular weight excluding hydrogens is 372 g/mol. The lowest BCUT2D eigenvalue weighted by Gasteiger charge is -2.53. The van der Waals surface area contributed by atoms with Crippen LogP contribution in [0, 0.1) is 11.3 Å². The van der Waals surface area contributed by atoms with Gasteiger partial charge in [0, 0.05) is 38.3 Å². The van der Waals surface area contributed by atoms with Gasteiger partial charge in [0.25, 0.3) is 0 Å². The van der Waals surface area contributed by atoms with Gasteiger partial charge in [0.1, 0.15) is 28.9 Å². The van der Waals surface area contributed by atoms with Gasteiger partial charge >= 0.3 is 0 Å². The number of nitriles is 1. The molecule has 0 spiro atoms. The van der Waals surface area contributed by atoms with Gasteiger partial charge in [-0.15, -0.1) is 11.3 Å². The molecule has 138 valence electrons. The van der Waals surface area contributed by atoms with Gasteiger partial charge in [0.2, 0.25) is 0 Å². The number of anilines is 3. The first-order valence-corrected chi connectivity index (χ1v) is 11.0. The molecule has 26 heavy (non-hydrogen) atoms. The quantitative estimate of drug-likeness (QED) is 0.728. The van der Waals surface area contributed by atoms with Gasteiger partial charge in [0.05, 0.1) is 16.5 Å². The zero-order valence-corrected chi connectivity index (χ0v) is 15.7. The Hall–Kier alpha value is -1.90. The minimum Gasteiger partial charge on any atom is -0.354 e. The number of nitrogens with zero attached hydrogens (tertiary/aromatic N) is 5. The van der Waals surface area contributed by atoms with Crippen LogP contribution in [0.25, 0.3) is 0 Å². The lowest BCUT2D eigenvalue weighted by Crippen LogP contribution is -2.57. The molecule has 0 unspecified atom stereocenters. The van der Waals surface area contributed by atoms with Crippen LogP contribution in [0.1, 0.15) is 4.88 Å². The van der Waals surface area contributed by atoms with Crippen molar-refractivity contribution in [2.45, 2.75) is 6.04 Å². The third-order valence-electron chi connectivity index (χ3n) is 4.69. The van der Waals surface area contributed by atoms with E-state index in [1.165, 1.54) is 11.3 Å². The average molecular weight is 393 g/mol. The molecule has 2 aliphatic heterocycles. The molecule has 4 rings (SSSR count). The Bertz CT molecular complexity index is 820. The molecule has 2 fully saturated rings. The van der Waals surface area contributed by atoms with E-state index in [0.717, 1.165) is 37.0 Å². The number of thiophene rings is 1. The molecule has 2 saturated heterocycles. The van der Waals surface area contributed by atoms with Crippen molar-refractivity contribution >= 4 is 38.6 Å². The molecule has 0 aromatic carbocycles. The Labute approximate surface area is 157 Å². The van der Waals surface area contributed by atoms with Crippen LogP contribution in [0.4, 0.5) is 16.6 Å². The molecule has 0 radical (unpaired) electrons. The summed E-state index contributed by atoms with van der Waals surface area (Å²) < 4.78 is 19.1. The molecular formula is C16H20N6O2S2. The fraction of sp³-hybridized carbons (Fsp3) is 0.438. The smallest absolute Gasteiger partial charge is 0.136 e. The van der Waals surface area contributed by atoms with Crippen LogP contribution in [0.3, 0.4) is 0 Å². The van der Waals surface area contributed by atoms with E-state index in [-0.39, 0.29) is 0 Å². The summed E-state index contributed by atoms with van der Waals surface area (Å²) in [6, 6.07) is 8.00. The van der Waals surface area contributed by atoms with Crippen LogP contribution < -0.4 is 10.2 Å². The van der Waals surface area contributed by atoms with Crippen molar-refractivity contribution in [1.82, 2.24) is 14.9 Å². The van der Waals surface area contributed by atoms with Gasteiger partial charge in [-0.05, 0) is 12.1 Å². The molecule has 0 atom stereocenters. The second-order valence-corrected chi connectivity index (χ2v) is 9.83. The van der Waals surface area contributed by atoms with Gasteiger partial charge in [-0.2, -0.15) is 15.9 Å². The number of nitrogens with one attached hydrogen (secondary N) is 1. The predicted molar refractivity (Wildman–Crippen MR) is 105 cm³/mol. The van der Waals surface area contributed by atoms with Crippen molar-refractivity contribution in [3.63, 3.8) is 0 Å². The van der Waals surface area contributed by atoms with E-state index >= 15 is 0 Å². The Morgan fingerprint density at radius 2 is 1.96 bits per heavy atom. The Morgan fingerprint density at radius 3 is 2.62 bits per heavy atom. The number of hydrogen-bond acceptors (Lipinski definition) is 9. The lowest BCUT2D eigenvalue weighted by molar-refractivity contribution is 0.194. The average Bonchev–Trinajstić information content (AvgIpc) is 3.07. The van der Waals surface area contributed by atoms with Gasteiger partial charge in [-0.25, -0.2) is 9.97 Å². The van der Waals surface area contributed by atoms with Gasteiger partial charge < -0.3 is 10.2 Å². The van der Waals surface area contributed by atoms with Crippen molar-refractivity contribution in [2.75, 3.05) is 47.9 Å². The molecule has 2 aromatic heterocycles. The minimum atomic E-state index is -2.28. The van der Waals surface area contributed by atoms with Crippen LogP contribution in [0.15, 0.2) is 24.5 Å². The zero-order valence-electron chi connectivity index (χ0n) is 14.1. The van der Waals surface area contributed by atoms with E-state index in [0.29, 0.717) is 28.2 Å². The summed E-state index contributed by atoms with van der Waals surface area (Å²) in [7, 11) is -2.28. The summed E-state index contributed by atoms with van der Waals surface area (Å²) in [5.74, 6) is 2.61. The topological polar surface area (TPSA) is 109 Å².